The molecule has 3 N–H and O–H groups in total. The molecule has 0 spiro atoms. The van der Waals surface area contributed by atoms with Gasteiger partial charge in [-0.3, -0.25) is 0 Å². The third-order valence-electron chi connectivity index (χ3n) is 2.72. The van der Waals surface area contributed by atoms with Gasteiger partial charge in [-0.2, -0.15) is 0 Å². The summed E-state index contributed by atoms with van der Waals surface area (Å²) in [7, 11) is 1.49. The minimum Gasteiger partial charge on any atom is -0.493 e. The molecule has 1 aromatic rings. The molecule has 0 bridgehead atoms. The van der Waals surface area contributed by atoms with E-state index in [1.54, 1.807) is 18.2 Å². The second-order valence-electron chi connectivity index (χ2n) is 4.04. The van der Waals surface area contributed by atoms with Gasteiger partial charge in [0, 0.05) is 12.6 Å². The number of hydrogen-bond donors (Lipinski definition) is 3. The van der Waals surface area contributed by atoms with Gasteiger partial charge in [0.05, 0.1) is 17.8 Å². The summed E-state index contributed by atoms with van der Waals surface area (Å²) >= 11 is 5.97. The van der Waals surface area contributed by atoms with E-state index in [1.807, 2.05) is 6.92 Å². The van der Waals surface area contributed by atoms with Crippen LogP contribution in [0.1, 0.15) is 19.8 Å². The fraction of sp³-hybridized carbons (Fsp3) is 0.462. The summed E-state index contributed by atoms with van der Waals surface area (Å²) in [6.45, 7) is 1.99. The summed E-state index contributed by atoms with van der Waals surface area (Å²) < 4.78 is 5.14. The zero-order valence-electron chi connectivity index (χ0n) is 11.1. The minimum atomic E-state index is -0.346. The quantitative estimate of drug-likeness (QED) is 0.753. The van der Waals surface area contributed by atoms with Crippen LogP contribution in [-0.4, -0.2) is 30.9 Å². The summed E-state index contributed by atoms with van der Waals surface area (Å²) in [5, 5.41) is 14.8. The standard InChI is InChI=1S/C13H19ClN2O3/c1-3-9(7-8-17)15-13(18)16-11-6-4-5-10(14)12(11)19-2/h4-6,9,17H,3,7-8H2,1-2H3,(H2,15,16,18). The molecule has 0 aliphatic carbocycles. The Kier molecular flexibility index (Phi) is 6.45. The SMILES string of the molecule is CCC(CCO)NC(=O)Nc1cccc(Cl)c1OC. The third-order valence-corrected chi connectivity index (χ3v) is 3.02. The van der Waals surface area contributed by atoms with Gasteiger partial charge in [0.2, 0.25) is 0 Å². The lowest BCUT2D eigenvalue weighted by Gasteiger charge is -2.17. The number of benzene rings is 1. The molecule has 0 aliphatic rings. The van der Waals surface area contributed by atoms with E-state index in [9.17, 15) is 4.79 Å². The summed E-state index contributed by atoms with van der Waals surface area (Å²) in [5.74, 6) is 0.425. The van der Waals surface area contributed by atoms with Gasteiger partial charge in [0.25, 0.3) is 0 Å². The summed E-state index contributed by atoms with van der Waals surface area (Å²) in [4.78, 5) is 11.8. The van der Waals surface area contributed by atoms with Crippen molar-refractivity contribution in [3.05, 3.63) is 23.2 Å². The molecular weight excluding hydrogens is 268 g/mol. The molecule has 6 heteroatoms. The molecule has 1 unspecified atom stereocenters. The lowest BCUT2D eigenvalue weighted by Crippen LogP contribution is -2.38. The van der Waals surface area contributed by atoms with E-state index in [4.69, 9.17) is 21.4 Å². The Morgan fingerprint density at radius 3 is 2.84 bits per heavy atom. The van der Waals surface area contributed by atoms with E-state index in [0.717, 1.165) is 6.42 Å². The highest BCUT2D eigenvalue weighted by Gasteiger charge is 2.13. The second kappa shape index (κ2) is 7.86. The lowest BCUT2D eigenvalue weighted by atomic mass is 10.2. The van der Waals surface area contributed by atoms with Crippen molar-refractivity contribution in [1.82, 2.24) is 5.32 Å². The van der Waals surface area contributed by atoms with E-state index in [2.05, 4.69) is 10.6 Å². The molecule has 2 amide bonds. The van der Waals surface area contributed by atoms with E-state index < -0.39 is 0 Å². The van der Waals surface area contributed by atoms with Crippen molar-refractivity contribution in [1.29, 1.82) is 0 Å². The minimum absolute atomic E-state index is 0.0409. The Morgan fingerprint density at radius 2 is 2.26 bits per heavy atom. The molecule has 1 aromatic carbocycles. The van der Waals surface area contributed by atoms with Crippen LogP contribution in [0.5, 0.6) is 5.75 Å². The molecule has 0 aromatic heterocycles. The third kappa shape index (κ3) is 4.61. The number of aliphatic hydroxyl groups is 1. The number of methoxy groups -OCH3 is 1. The highest BCUT2D eigenvalue weighted by atomic mass is 35.5. The molecule has 106 valence electrons. The number of hydrogen-bond acceptors (Lipinski definition) is 3. The average Bonchev–Trinajstić information content (AvgIpc) is 2.38. The number of anilines is 1. The van der Waals surface area contributed by atoms with Crippen LogP contribution in [0.15, 0.2) is 18.2 Å². The highest BCUT2D eigenvalue weighted by Crippen LogP contribution is 2.32. The van der Waals surface area contributed by atoms with Crippen molar-refractivity contribution in [2.75, 3.05) is 19.0 Å². The molecule has 0 fully saturated rings. The fourth-order valence-corrected chi connectivity index (χ4v) is 1.94. The number of carbonyl (C=O) groups excluding carboxylic acids is 1. The molecule has 19 heavy (non-hydrogen) atoms. The molecule has 0 heterocycles. The molecular formula is C13H19ClN2O3. The zero-order chi connectivity index (χ0) is 14.3. The van der Waals surface area contributed by atoms with Gasteiger partial charge >= 0.3 is 6.03 Å². The van der Waals surface area contributed by atoms with Gasteiger partial charge in [-0.05, 0) is 25.0 Å². The van der Waals surface area contributed by atoms with E-state index >= 15 is 0 Å². The molecule has 0 aliphatic heterocycles. The molecule has 5 nitrogen and oxygen atoms in total. The van der Waals surface area contributed by atoms with Gasteiger partial charge in [-0.1, -0.05) is 24.6 Å². The number of carbonyl (C=O) groups is 1. The number of urea groups is 1. The summed E-state index contributed by atoms with van der Waals surface area (Å²) in [5.41, 5.74) is 0.506. The van der Waals surface area contributed by atoms with E-state index in [0.29, 0.717) is 22.9 Å². The summed E-state index contributed by atoms with van der Waals surface area (Å²) in [6, 6.07) is 4.71. The molecule has 0 saturated heterocycles. The first-order valence-electron chi connectivity index (χ1n) is 6.13. The van der Waals surface area contributed by atoms with Crippen molar-refractivity contribution in [2.24, 2.45) is 0 Å². The van der Waals surface area contributed by atoms with Crippen molar-refractivity contribution in [3.63, 3.8) is 0 Å². The second-order valence-corrected chi connectivity index (χ2v) is 4.44. The number of rotatable bonds is 6. The first-order chi connectivity index (χ1) is 9.12. The zero-order valence-corrected chi connectivity index (χ0v) is 11.8. The summed E-state index contributed by atoms with van der Waals surface area (Å²) in [6.07, 6.45) is 1.28. The van der Waals surface area contributed by atoms with Gasteiger partial charge in [-0.15, -0.1) is 0 Å². The topological polar surface area (TPSA) is 70.6 Å². The van der Waals surface area contributed by atoms with Crippen LogP contribution in [0, 0.1) is 0 Å². The molecule has 0 saturated carbocycles. The maximum absolute atomic E-state index is 11.8. The van der Waals surface area contributed by atoms with Crippen LogP contribution < -0.4 is 15.4 Å². The van der Waals surface area contributed by atoms with Gasteiger partial charge in [-0.25, -0.2) is 4.79 Å². The molecule has 1 rings (SSSR count). The van der Waals surface area contributed by atoms with Crippen LogP contribution >= 0.6 is 11.6 Å². The number of ether oxygens (including phenoxy) is 1. The first kappa shape index (κ1) is 15.6. The van der Waals surface area contributed by atoms with E-state index in [-0.39, 0.29) is 18.7 Å². The average molecular weight is 287 g/mol. The van der Waals surface area contributed by atoms with E-state index in [1.165, 1.54) is 7.11 Å². The predicted molar refractivity (Wildman–Crippen MR) is 75.9 cm³/mol. The molecule has 0 radical (unpaired) electrons. The van der Waals surface area contributed by atoms with Crippen molar-refractivity contribution in [2.45, 2.75) is 25.8 Å². The van der Waals surface area contributed by atoms with Crippen LogP contribution in [-0.2, 0) is 0 Å². The normalized spacial score (nSPS) is 11.8. The lowest BCUT2D eigenvalue weighted by molar-refractivity contribution is 0.237. The fourth-order valence-electron chi connectivity index (χ4n) is 1.69. The van der Waals surface area contributed by atoms with Crippen molar-refractivity contribution >= 4 is 23.3 Å². The molecule has 1 atom stereocenters. The van der Waals surface area contributed by atoms with Crippen LogP contribution in [0.4, 0.5) is 10.5 Å². The Labute approximate surface area is 117 Å². The maximum Gasteiger partial charge on any atom is 0.319 e. The number of nitrogens with one attached hydrogen (secondary N) is 2. The van der Waals surface area contributed by atoms with Crippen molar-refractivity contribution in [3.8, 4) is 5.75 Å². The number of aliphatic hydroxyl groups excluding tert-OH is 1. The number of halogens is 1. The predicted octanol–water partition coefficient (Wildman–Crippen LogP) is 2.63. The Morgan fingerprint density at radius 1 is 1.53 bits per heavy atom. The number of amides is 2. The van der Waals surface area contributed by atoms with Crippen molar-refractivity contribution < 1.29 is 14.6 Å². The first-order valence-corrected chi connectivity index (χ1v) is 6.51. The Bertz CT molecular complexity index is 426. The van der Waals surface area contributed by atoms with Gasteiger partial charge in [0.1, 0.15) is 0 Å². The van der Waals surface area contributed by atoms with Crippen LogP contribution in [0.3, 0.4) is 0 Å². The van der Waals surface area contributed by atoms with Gasteiger partial charge in [0.15, 0.2) is 5.75 Å². The Hall–Kier alpha value is -1.46. The maximum atomic E-state index is 11.8. The highest BCUT2D eigenvalue weighted by molar-refractivity contribution is 6.32. The Balaban J connectivity index is 2.69. The smallest absolute Gasteiger partial charge is 0.319 e. The van der Waals surface area contributed by atoms with Crippen LogP contribution in [0.25, 0.3) is 0 Å². The number of para-hydroxylation sites is 1. The van der Waals surface area contributed by atoms with Gasteiger partial charge < -0.3 is 20.5 Å². The van der Waals surface area contributed by atoms with Crippen LogP contribution in [0.2, 0.25) is 5.02 Å². The largest absolute Gasteiger partial charge is 0.493 e. The monoisotopic (exact) mass is 286 g/mol.